The minimum atomic E-state index is -0.162. The second kappa shape index (κ2) is 3.77. The van der Waals surface area contributed by atoms with E-state index in [1.54, 1.807) is 11.9 Å². The minimum absolute atomic E-state index is 0.0446. The maximum atomic E-state index is 11.5. The number of hydrogen-bond donors (Lipinski definition) is 0. The number of carbonyl (C=O) groups is 2. The Hall–Kier alpha value is -1.06. The number of imide groups is 1. The molecule has 13 heavy (non-hydrogen) atoms. The van der Waals surface area contributed by atoms with Crippen molar-refractivity contribution < 1.29 is 9.59 Å². The lowest BCUT2D eigenvalue weighted by atomic mass is 10.2. The molecule has 0 unspecified atom stereocenters. The highest BCUT2D eigenvalue weighted by atomic mass is 16.2. The topological polar surface area (TPSA) is 40.6 Å². The van der Waals surface area contributed by atoms with E-state index in [0.717, 1.165) is 0 Å². The van der Waals surface area contributed by atoms with E-state index in [4.69, 9.17) is 0 Å². The first-order valence-corrected chi connectivity index (χ1v) is 4.58. The van der Waals surface area contributed by atoms with Crippen LogP contribution in [0, 0.1) is 5.92 Å². The molecule has 0 aliphatic carbocycles. The van der Waals surface area contributed by atoms with Crippen molar-refractivity contribution in [3.05, 3.63) is 0 Å². The molecule has 0 bridgehead atoms. The monoisotopic (exact) mass is 184 g/mol. The molecule has 0 saturated carbocycles. The van der Waals surface area contributed by atoms with Crippen molar-refractivity contribution in [2.45, 2.75) is 20.3 Å². The molecule has 74 valence electrons. The first-order chi connectivity index (χ1) is 6.02. The summed E-state index contributed by atoms with van der Waals surface area (Å²) in [5, 5.41) is 0. The van der Waals surface area contributed by atoms with Crippen molar-refractivity contribution in [3.8, 4) is 0 Å². The van der Waals surface area contributed by atoms with Crippen LogP contribution >= 0.6 is 0 Å². The first kappa shape index (κ1) is 10.0. The van der Waals surface area contributed by atoms with Crippen LogP contribution in [0.1, 0.15) is 20.3 Å². The summed E-state index contributed by atoms with van der Waals surface area (Å²) >= 11 is 0. The third-order valence-electron chi connectivity index (χ3n) is 2.07. The summed E-state index contributed by atoms with van der Waals surface area (Å²) in [5.74, 6) is 0.288. The third kappa shape index (κ3) is 2.20. The Morgan fingerprint density at radius 3 is 2.54 bits per heavy atom. The molecule has 1 aliphatic rings. The van der Waals surface area contributed by atoms with Crippen molar-refractivity contribution >= 4 is 11.9 Å². The summed E-state index contributed by atoms with van der Waals surface area (Å²) in [6.45, 7) is 5.07. The largest absolute Gasteiger partial charge is 0.327 e. The average Bonchev–Trinajstić information content (AvgIpc) is 2.05. The molecule has 0 aromatic carbocycles. The SMILES string of the molecule is CC(C)CN1C(=O)CCN(C)C1=O. The van der Waals surface area contributed by atoms with E-state index >= 15 is 0 Å². The summed E-state index contributed by atoms with van der Waals surface area (Å²) in [6, 6.07) is -0.162. The van der Waals surface area contributed by atoms with Crippen molar-refractivity contribution in [2.75, 3.05) is 20.1 Å². The molecular formula is C9H16N2O2. The van der Waals surface area contributed by atoms with Gasteiger partial charge >= 0.3 is 6.03 Å². The molecule has 1 heterocycles. The van der Waals surface area contributed by atoms with Gasteiger partial charge in [-0.25, -0.2) is 4.79 Å². The Morgan fingerprint density at radius 1 is 1.38 bits per heavy atom. The van der Waals surface area contributed by atoms with Crippen LogP contribution in [0.4, 0.5) is 4.79 Å². The minimum Gasteiger partial charge on any atom is -0.327 e. The van der Waals surface area contributed by atoms with Gasteiger partial charge in [-0.2, -0.15) is 0 Å². The highest BCUT2D eigenvalue weighted by molar-refractivity contribution is 5.96. The number of urea groups is 1. The Morgan fingerprint density at radius 2 is 2.00 bits per heavy atom. The van der Waals surface area contributed by atoms with Crippen LogP contribution in [0.5, 0.6) is 0 Å². The van der Waals surface area contributed by atoms with Crippen molar-refractivity contribution in [1.82, 2.24) is 9.80 Å². The van der Waals surface area contributed by atoms with Crippen molar-refractivity contribution in [1.29, 1.82) is 0 Å². The van der Waals surface area contributed by atoms with Gasteiger partial charge in [0.2, 0.25) is 5.91 Å². The fourth-order valence-electron chi connectivity index (χ4n) is 1.35. The Kier molecular flexibility index (Phi) is 2.90. The summed E-state index contributed by atoms with van der Waals surface area (Å²) in [6.07, 6.45) is 0.453. The zero-order valence-corrected chi connectivity index (χ0v) is 8.41. The average molecular weight is 184 g/mol. The lowest BCUT2D eigenvalue weighted by Crippen LogP contribution is -2.51. The molecule has 0 radical (unpaired) electrons. The molecule has 3 amide bonds. The second-order valence-electron chi connectivity index (χ2n) is 3.85. The van der Waals surface area contributed by atoms with Crippen LogP contribution in [-0.2, 0) is 4.79 Å². The smallest absolute Gasteiger partial charge is 0.326 e. The summed E-state index contributed by atoms with van der Waals surface area (Å²) in [5.41, 5.74) is 0. The number of amides is 3. The van der Waals surface area contributed by atoms with Gasteiger partial charge in [-0.15, -0.1) is 0 Å². The molecule has 1 fully saturated rings. The lowest BCUT2D eigenvalue weighted by molar-refractivity contribution is -0.131. The number of hydrogen-bond acceptors (Lipinski definition) is 2. The molecular weight excluding hydrogens is 168 g/mol. The van der Waals surface area contributed by atoms with Crippen LogP contribution in [0.15, 0.2) is 0 Å². The Bertz CT molecular complexity index is 226. The predicted octanol–water partition coefficient (Wildman–Crippen LogP) is 0.926. The first-order valence-electron chi connectivity index (χ1n) is 4.58. The molecule has 4 heteroatoms. The van der Waals surface area contributed by atoms with Gasteiger partial charge in [0.15, 0.2) is 0 Å². The van der Waals surface area contributed by atoms with E-state index in [-0.39, 0.29) is 11.9 Å². The predicted molar refractivity (Wildman–Crippen MR) is 49.2 cm³/mol. The van der Waals surface area contributed by atoms with Gasteiger partial charge in [0.05, 0.1) is 0 Å². The number of nitrogens with zero attached hydrogens (tertiary/aromatic N) is 2. The molecule has 1 aliphatic heterocycles. The summed E-state index contributed by atoms with van der Waals surface area (Å²) in [7, 11) is 1.72. The van der Waals surface area contributed by atoms with Crippen molar-refractivity contribution in [2.24, 2.45) is 5.92 Å². The normalized spacial score (nSPS) is 18.8. The van der Waals surface area contributed by atoms with Gasteiger partial charge in [-0.05, 0) is 5.92 Å². The zero-order chi connectivity index (χ0) is 10.0. The molecule has 1 saturated heterocycles. The van der Waals surface area contributed by atoms with Crippen molar-refractivity contribution in [3.63, 3.8) is 0 Å². The van der Waals surface area contributed by atoms with E-state index in [0.29, 0.717) is 25.4 Å². The maximum absolute atomic E-state index is 11.5. The maximum Gasteiger partial charge on any atom is 0.326 e. The van der Waals surface area contributed by atoms with E-state index in [9.17, 15) is 9.59 Å². The van der Waals surface area contributed by atoms with E-state index < -0.39 is 0 Å². The summed E-state index contributed by atoms with van der Waals surface area (Å²) in [4.78, 5) is 25.8. The van der Waals surface area contributed by atoms with Crippen LogP contribution in [0.2, 0.25) is 0 Å². The summed E-state index contributed by atoms with van der Waals surface area (Å²) < 4.78 is 0. The third-order valence-corrected chi connectivity index (χ3v) is 2.07. The van der Waals surface area contributed by atoms with Gasteiger partial charge in [-0.1, -0.05) is 13.8 Å². The molecule has 0 aromatic rings. The van der Waals surface area contributed by atoms with Gasteiger partial charge in [0.25, 0.3) is 0 Å². The Labute approximate surface area is 78.5 Å². The lowest BCUT2D eigenvalue weighted by Gasteiger charge is -2.32. The molecule has 0 spiro atoms. The van der Waals surface area contributed by atoms with Crippen LogP contribution in [0.3, 0.4) is 0 Å². The fourth-order valence-corrected chi connectivity index (χ4v) is 1.35. The number of rotatable bonds is 2. The molecule has 0 aromatic heterocycles. The molecule has 0 N–H and O–H groups in total. The van der Waals surface area contributed by atoms with Crippen LogP contribution < -0.4 is 0 Å². The van der Waals surface area contributed by atoms with E-state index in [1.165, 1.54) is 4.90 Å². The quantitative estimate of drug-likeness (QED) is 0.640. The van der Waals surface area contributed by atoms with Crippen LogP contribution in [0.25, 0.3) is 0 Å². The zero-order valence-electron chi connectivity index (χ0n) is 8.41. The van der Waals surface area contributed by atoms with Gasteiger partial charge in [-0.3, -0.25) is 9.69 Å². The van der Waals surface area contributed by atoms with E-state index in [1.807, 2.05) is 13.8 Å². The second-order valence-corrected chi connectivity index (χ2v) is 3.85. The van der Waals surface area contributed by atoms with Gasteiger partial charge < -0.3 is 4.90 Å². The number of carbonyl (C=O) groups excluding carboxylic acids is 2. The van der Waals surface area contributed by atoms with E-state index in [2.05, 4.69) is 0 Å². The highest BCUT2D eigenvalue weighted by Crippen LogP contribution is 2.10. The molecule has 4 nitrogen and oxygen atoms in total. The Balaban J connectivity index is 2.67. The van der Waals surface area contributed by atoms with Gasteiger partial charge in [0.1, 0.15) is 0 Å². The standard InChI is InChI=1S/C9H16N2O2/c1-7(2)6-11-8(12)4-5-10(3)9(11)13/h7H,4-6H2,1-3H3. The molecule has 0 atom stereocenters. The van der Waals surface area contributed by atoms with Gasteiger partial charge in [0, 0.05) is 26.6 Å². The fraction of sp³-hybridized carbons (Fsp3) is 0.778. The molecule has 1 rings (SSSR count). The highest BCUT2D eigenvalue weighted by Gasteiger charge is 2.29. The van der Waals surface area contributed by atoms with Crippen LogP contribution in [-0.4, -0.2) is 41.9 Å².